The Kier molecular flexibility index (Phi) is 1.43. The summed E-state index contributed by atoms with van der Waals surface area (Å²) in [7, 11) is 7.26. The van der Waals surface area contributed by atoms with E-state index in [1.165, 1.54) is 6.07 Å². The third-order valence-electron chi connectivity index (χ3n) is 1.89. The molecule has 0 amide bonds. The highest BCUT2D eigenvalue weighted by atomic mass is 19.1. The lowest BCUT2D eigenvalue weighted by Gasteiger charge is -2.00. The molecular formula is C8H6BFN2. The van der Waals surface area contributed by atoms with Gasteiger partial charge in [0.15, 0.2) is 0 Å². The summed E-state index contributed by atoms with van der Waals surface area (Å²) in [5.74, 6) is -0.397. The first-order chi connectivity index (χ1) is 5.70. The highest BCUT2D eigenvalue weighted by molar-refractivity contribution is 6.38. The first-order valence-corrected chi connectivity index (χ1v) is 3.56. The van der Waals surface area contributed by atoms with Gasteiger partial charge in [0.05, 0.1) is 11.7 Å². The molecular weight excluding hydrogens is 154 g/mol. The van der Waals surface area contributed by atoms with Crippen LogP contribution in [0.3, 0.4) is 0 Å². The molecule has 0 N–H and O–H groups in total. The molecule has 0 saturated carbocycles. The summed E-state index contributed by atoms with van der Waals surface area (Å²) >= 11 is 0. The van der Waals surface area contributed by atoms with Crippen molar-refractivity contribution in [2.45, 2.75) is 0 Å². The standard InChI is InChI=1S/C8H6BFN2/c1-12-8-5(4-11-12)2-3-6(10)7(8)9/h2-4H,1H3. The van der Waals surface area contributed by atoms with Crippen molar-refractivity contribution in [2.24, 2.45) is 7.05 Å². The molecule has 2 aromatic rings. The number of nitrogens with zero attached hydrogens (tertiary/aromatic N) is 2. The van der Waals surface area contributed by atoms with Gasteiger partial charge in [0.2, 0.25) is 0 Å². The molecule has 0 atom stereocenters. The molecule has 0 unspecified atom stereocenters. The Labute approximate surface area is 70.4 Å². The number of rotatable bonds is 0. The molecule has 4 heteroatoms. The molecule has 58 valence electrons. The first kappa shape index (κ1) is 7.34. The molecule has 0 saturated heterocycles. The van der Waals surface area contributed by atoms with Crippen molar-refractivity contribution < 1.29 is 4.39 Å². The number of fused-ring (bicyclic) bond motifs is 1. The molecule has 2 nitrogen and oxygen atoms in total. The Hall–Kier alpha value is -1.32. The van der Waals surface area contributed by atoms with Crippen molar-refractivity contribution in [3.8, 4) is 0 Å². The number of hydrogen-bond acceptors (Lipinski definition) is 1. The van der Waals surface area contributed by atoms with Crippen LogP contribution >= 0.6 is 0 Å². The molecule has 0 aliphatic heterocycles. The van der Waals surface area contributed by atoms with Crippen molar-refractivity contribution >= 4 is 24.2 Å². The van der Waals surface area contributed by atoms with E-state index in [-0.39, 0.29) is 5.46 Å². The van der Waals surface area contributed by atoms with Crippen molar-refractivity contribution in [3.05, 3.63) is 24.1 Å². The predicted molar refractivity (Wildman–Crippen MR) is 46.1 cm³/mol. The van der Waals surface area contributed by atoms with E-state index in [0.717, 1.165) is 5.39 Å². The van der Waals surface area contributed by atoms with Crippen LogP contribution in [0, 0.1) is 5.82 Å². The molecule has 0 aliphatic carbocycles. The lowest BCUT2D eigenvalue weighted by atomic mass is 9.93. The normalized spacial score (nSPS) is 10.8. The van der Waals surface area contributed by atoms with E-state index in [1.807, 2.05) is 0 Å². The summed E-state index contributed by atoms with van der Waals surface area (Å²) in [5.41, 5.74) is 0.808. The molecule has 1 aromatic heterocycles. The van der Waals surface area contributed by atoms with Gasteiger partial charge in [-0.05, 0) is 17.6 Å². The van der Waals surface area contributed by atoms with Crippen molar-refractivity contribution in [3.63, 3.8) is 0 Å². The van der Waals surface area contributed by atoms with E-state index in [1.54, 1.807) is 24.0 Å². The Balaban J connectivity index is 2.96. The second-order valence-corrected chi connectivity index (χ2v) is 2.67. The van der Waals surface area contributed by atoms with Crippen LogP contribution in [0.15, 0.2) is 18.3 Å². The maximum absolute atomic E-state index is 12.9. The average molecular weight is 160 g/mol. The molecule has 2 rings (SSSR count). The summed E-state index contributed by atoms with van der Waals surface area (Å²) < 4.78 is 14.5. The second kappa shape index (κ2) is 2.34. The maximum atomic E-state index is 12.9. The third-order valence-corrected chi connectivity index (χ3v) is 1.89. The van der Waals surface area contributed by atoms with Crippen LogP contribution in [0.25, 0.3) is 10.9 Å². The number of hydrogen-bond donors (Lipinski definition) is 0. The number of benzene rings is 1. The second-order valence-electron chi connectivity index (χ2n) is 2.67. The van der Waals surface area contributed by atoms with E-state index in [9.17, 15) is 4.39 Å². The fourth-order valence-electron chi connectivity index (χ4n) is 1.27. The Morgan fingerprint density at radius 2 is 2.25 bits per heavy atom. The zero-order valence-electron chi connectivity index (χ0n) is 6.58. The van der Waals surface area contributed by atoms with Crippen LogP contribution in [0.1, 0.15) is 0 Å². The third kappa shape index (κ3) is 0.842. The van der Waals surface area contributed by atoms with Gasteiger partial charge in [0, 0.05) is 12.4 Å². The van der Waals surface area contributed by atoms with E-state index in [4.69, 9.17) is 7.85 Å². The van der Waals surface area contributed by atoms with Gasteiger partial charge in [0.1, 0.15) is 13.7 Å². The summed E-state index contributed by atoms with van der Waals surface area (Å²) in [6, 6.07) is 3.01. The summed E-state index contributed by atoms with van der Waals surface area (Å²) in [6.45, 7) is 0. The van der Waals surface area contributed by atoms with Gasteiger partial charge in [-0.15, -0.1) is 0 Å². The lowest BCUT2D eigenvalue weighted by Crippen LogP contribution is -2.12. The maximum Gasteiger partial charge on any atom is 0.120 e. The fourth-order valence-corrected chi connectivity index (χ4v) is 1.27. The van der Waals surface area contributed by atoms with E-state index in [0.29, 0.717) is 5.52 Å². The zero-order valence-corrected chi connectivity index (χ0v) is 6.58. The van der Waals surface area contributed by atoms with Crippen LogP contribution < -0.4 is 5.46 Å². The molecule has 1 heterocycles. The topological polar surface area (TPSA) is 17.8 Å². The molecule has 0 bridgehead atoms. The summed E-state index contributed by atoms with van der Waals surface area (Å²) in [5, 5.41) is 4.83. The van der Waals surface area contributed by atoms with Gasteiger partial charge in [-0.2, -0.15) is 5.10 Å². The van der Waals surface area contributed by atoms with Gasteiger partial charge in [-0.1, -0.05) is 0 Å². The SMILES string of the molecule is [B]c1c(F)ccc2cnn(C)c12. The Bertz CT molecular complexity index is 436. The smallest absolute Gasteiger partial charge is 0.120 e. The molecule has 0 spiro atoms. The monoisotopic (exact) mass is 160 g/mol. The minimum absolute atomic E-state index is 0.160. The van der Waals surface area contributed by atoms with Crippen LogP contribution in [0.4, 0.5) is 4.39 Å². The van der Waals surface area contributed by atoms with Crippen LogP contribution in [-0.2, 0) is 7.05 Å². The molecule has 0 fully saturated rings. The van der Waals surface area contributed by atoms with Crippen LogP contribution in [0.2, 0.25) is 0 Å². The lowest BCUT2D eigenvalue weighted by molar-refractivity contribution is 0.636. The van der Waals surface area contributed by atoms with Crippen LogP contribution in [0.5, 0.6) is 0 Å². The zero-order chi connectivity index (χ0) is 8.72. The van der Waals surface area contributed by atoms with E-state index < -0.39 is 5.82 Å². The highest BCUT2D eigenvalue weighted by Gasteiger charge is 2.05. The van der Waals surface area contributed by atoms with E-state index >= 15 is 0 Å². The van der Waals surface area contributed by atoms with Gasteiger partial charge >= 0.3 is 0 Å². The van der Waals surface area contributed by atoms with Crippen LogP contribution in [-0.4, -0.2) is 17.6 Å². The largest absolute Gasteiger partial charge is 0.268 e. The Morgan fingerprint density at radius 3 is 3.00 bits per heavy atom. The molecule has 1 aromatic carbocycles. The fraction of sp³-hybridized carbons (Fsp3) is 0.125. The van der Waals surface area contributed by atoms with E-state index in [2.05, 4.69) is 5.10 Å². The quantitative estimate of drug-likeness (QED) is 0.513. The minimum Gasteiger partial charge on any atom is -0.268 e. The first-order valence-electron chi connectivity index (χ1n) is 3.56. The van der Waals surface area contributed by atoms with Gasteiger partial charge in [-0.3, -0.25) is 4.68 Å². The predicted octanol–water partition coefficient (Wildman–Crippen LogP) is 0.506. The average Bonchev–Trinajstić information content (AvgIpc) is 2.41. The van der Waals surface area contributed by atoms with Crippen molar-refractivity contribution in [1.29, 1.82) is 0 Å². The van der Waals surface area contributed by atoms with Gasteiger partial charge < -0.3 is 0 Å². The summed E-state index contributed by atoms with van der Waals surface area (Å²) in [6.07, 6.45) is 1.66. The number of halogens is 1. The highest BCUT2D eigenvalue weighted by Crippen LogP contribution is 2.10. The molecule has 0 aliphatic rings. The van der Waals surface area contributed by atoms with Crippen molar-refractivity contribution in [2.75, 3.05) is 0 Å². The molecule has 2 radical (unpaired) electrons. The van der Waals surface area contributed by atoms with Gasteiger partial charge in [0.25, 0.3) is 0 Å². The number of aryl methyl sites for hydroxylation is 1. The van der Waals surface area contributed by atoms with Gasteiger partial charge in [-0.25, -0.2) is 4.39 Å². The van der Waals surface area contributed by atoms with Crippen molar-refractivity contribution in [1.82, 2.24) is 9.78 Å². The number of aromatic nitrogens is 2. The summed E-state index contributed by atoms with van der Waals surface area (Å²) in [4.78, 5) is 0. The minimum atomic E-state index is -0.397. The molecule has 12 heavy (non-hydrogen) atoms. The Morgan fingerprint density at radius 1 is 1.50 bits per heavy atom.